The van der Waals surface area contributed by atoms with Crippen LogP contribution < -0.4 is 4.90 Å². The minimum atomic E-state index is -0.324. The van der Waals surface area contributed by atoms with E-state index in [4.69, 9.17) is 9.72 Å². The Kier molecular flexibility index (Phi) is 10.3. The van der Waals surface area contributed by atoms with Crippen LogP contribution in [0, 0.1) is 0 Å². The molecule has 0 aliphatic heterocycles. The average Bonchev–Trinajstić information content (AvgIpc) is 3.42. The van der Waals surface area contributed by atoms with Crippen molar-refractivity contribution in [1.82, 2.24) is 14.5 Å². The van der Waals surface area contributed by atoms with Crippen LogP contribution in [0.4, 0.5) is 5.69 Å². The number of esters is 1. The third kappa shape index (κ3) is 7.44. The van der Waals surface area contributed by atoms with Crippen LogP contribution in [0.15, 0.2) is 109 Å². The van der Waals surface area contributed by atoms with Crippen molar-refractivity contribution in [3.05, 3.63) is 132 Å². The third-order valence-corrected chi connectivity index (χ3v) is 7.90. The number of rotatable bonds is 13. The van der Waals surface area contributed by atoms with E-state index in [-0.39, 0.29) is 5.97 Å². The van der Waals surface area contributed by atoms with Crippen molar-refractivity contribution in [2.24, 2.45) is 0 Å². The maximum atomic E-state index is 12.1. The summed E-state index contributed by atoms with van der Waals surface area (Å²) in [5.74, 6) is 0.681. The van der Waals surface area contributed by atoms with Gasteiger partial charge in [-0.25, -0.2) is 9.78 Å². The Morgan fingerprint density at radius 1 is 0.750 bits per heavy atom. The van der Waals surface area contributed by atoms with Crippen LogP contribution in [0.2, 0.25) is 0 Å². The highest BCUT2D eigenvalue weighted by atomic mass is 16.5. The number of anilines is 1. The highest BCUT2D eigenvalue weighted by molar-refractivity contribution is 5.89. The second kappa shape index (κ2) is 14.7. The molecule has 44 heavy (non-hydrogen) atoms. The highest BCUT2D eigenvalue weighted by Gasteiger charge is 2.22. The molecule has 0 fully saturated rings. The molecule has 6 nitrogen and oxygen atoms in total. The SMILES string of the molecule is CCCCn1c(-c2ccccc2)nc(-c2ccccc2)c1CN(Cc1ccc(C(=O)OC)cc1)Cc1ccc(N(C)C)cc1. The van der Waals surface area contributed by atoms with Gasteiger partial charge in [0.2, 0.25) is 0 Å². The van der Waals surface area contributed by atoms with Crippen molar-refractivity contribution in [2.75, 3.05) is 26.1 Å². The fourth-order valence-corrected chi connectivity index (χ4v) is 5.50. The maximum absolute atomic E-state index is 12.1. The molecule has 0 radical (unpaired) electrons. The van der Waals surface area contributed by atoms with Crippen molar-refractivity contribution in [3.63, 3.8) is 0 Å². The quantitative estimate of drug-likeness (QED) is 0.131. The topological polar surface area (TPSA) is 50.6 Å². The molecule has 0 saturated heterocycles. The number of hydrogen-bond donors (Lipinski definition) is 0. The summed E-state index contributed by atoms with van der Waals surface area (Å²) < 4.78 is 7.35. The standard InChI is InChI=1S/C38H42N4O2/c1-5-6-25-42-35(36(31-13-9-7-10-14-31)39-37(42)32-15-11-8-12-16-32)28-41(27-30-19-23-34(24-20-30)40(2)3)26-29-17-21-33(22-18-29)38(43)44-4/h7-24H,5-6,25-28H2,1-4H3. The Hall–Kier alpha value is -4.68. The molecule has 5 aromatic rings. The zero-order chi connectivity index (χ0) is 30.9. The second-order valence-electron chi connectivity index (χ2n) is 11.4. The summed E-state index contributed by atoms with van der Waals surface area (Å²) in [7, 11) is 5.54. The number of carbonyl (C=O) groups is 1. The summed E-state index contributed by atoms with van der Waals surface area (Å²) in [6, 6.07) is 37.6. The number of aromatic nitrogens is 2. The summed E-state index contributed by atoms with van der Waals surface area (Å²) in [6.45, 7) is 5.32. The molecule has 6 heteroatoms. The first-order valence-electron chi connectivity index (χ1n) is 15.3. The Labute approximate surface area is 261 Å². The zero-order valence-electron chi connectivity index (χ0n) is 26.2. The van der Waals surface area contributed by atoms with E-state index in [1.54, 1.807) is 0 Å². The fourth-order valence-electron chi connectivity index (χ4n) is 5.50. The molecule has 4 aromatic carbocycles. The van der Waals surface area contributed by atoms with Crippen LogP contribution in [0.3, 0.4) is 0 Å². The van der Waals surface area contributed by atoms with Crippen molar-refractivity contribution in [2.45, 2.75) is 45.9 Å². The summed E-state index contributed by atoms with van der Waals surface area (Å²) >= 11 is 0. The van der Waals surface area contributed by atoms with Gasteiger partial charge < -0.3 is 14.2 Å². The van der Waals surface area contributed by atoms with E-state index >= 15 is 0 Å². The fraction of sp³-hybridized carbons (Fsp3) is 0.263. The van der Waals surface area contributed by atoms with Crippen molar-refractivity contribution in [3.8, 4) is 22.6 Å². The maximum Gasteiger partial charge on any atom is 0.337 e. The number of hydrogen-bond acceptors (Lipinski definition) is 5. The van der Waals surface area contributed by atoms with E-state index in [2.05, 4.69) is 120 Å². The lowest BCUT2D eigenvalue weighted by Gasteiger charge is -2.25. The van der Waals surface area contributed by atoms with Gasteiger partial charge in [-0.15, -0.1) is 0 Å². The largest absolute Gasteiger partial charge is 0.465 e. The molecule has 1 aromatic heterocycles. The van der Waals surface area contributed by atoms with Gasteiger partial charge in [0.1, 0.15) is 5.82 Å². The van der Waals surface area contributed by atoms with Crippen molar-refractivity contribution in [1.29, 1.82) is 0 Å². The first kappa shape index (κ1) is 30.8. The van der Waals surface area contributed by atoms with E-state index in [1.165, 1.54) is 24.1 Å². The summed E-state index contributed by atoms with van der Waals surface area (Å²) in [6.07, 6.45) is 2.17. The van der Waals surface area contributed by atoms with Gasteiger partial charge in [-0.05, 0) is 41.8 Å². The predicted octanol–water partition coefficient (Wildman–Crippen LogP) is 8.07. The van der Waals surface area contributed by atoms with Crippen molar-refractivity contribution < 1.29 is 9.53 Å². The monoisotopic (exact) mass is 586 g/mol. The zero-order valence-corrected chi connectivity index (χ0v) is 26.2. The third-order valence-electron chi connectivity index (χ3n) is 7.90. The number of ether oxygens (including phenoxy) is 1. The van der Waals surface area contributed by atoms with Gasteiger partial charge in [-0.1, -0.05) is 98.3 Å². The van der Waals surface area contributed by atoms with E-state index < -0.39 is 0 Å². The highest BCUT2D eigenvalue weighted by Crippen LogP contribution is 2.32. The lowest BCUT2D eigenvalue weighted by atomic mass is 10.1. The van der Waals surface area contributed by atoms with Crippen LogP contribution in [-0.2, 0) is 30.9 Å². The molecule has 0 saturated carbocycles. The van der Waals surface area contributed by atoms with E-state index in [0.717, 1.165) is 54.1 Å². The molecule has 0 amide bonds. The van der Waals surface area contributed by atoms with Gasteiger partial charge in [-0.3, -0.25) is 4.90 Å². The van der Waals surface area contributed by atoms with Gasteiger partial charge >= 0.3 is 5.97 Å². The average molecular weight is 587 g/mol. The molecule has 1 heterocycles. The Bertz CT molecular complexity index is 1630. The van der Waals surface area contributed by atoms with Crippen LogP contribution in [0.5, 0.6) is 0 Å². The Morgan fingerprint density at radius 3 is 1.86 bits per heavy atom. The summed E-state index contributed by atoms with van der Waals surface area (Å²) in [5, 5.41) is 0. The minimum absolute atomic E-state index is 0.324. The molecule has 0 aliphatic rings. The lowest BCUT2D eigenvalue weighted by molar-refractivity contribution is 0.0600. The molecule has 226 valence electrons. The van der Waals surface area contributed by atoms with E-state index in [9.17, 15) is 4.79 Å². The van der Waals surface area contributed by atoms with E-state index in [1.807, 2.05) is 24.3 Å². The molecular formula is C38H42N4O2. The molecular weight excluding hydrogens is 544 g/mol. The van der Waals surface area contributed by atoms with Gasteiger partial charge in [0.05, 0.1) is 24.1 Å². The van der Waals surface area contributed by atoms with Gasteiger partial charge in [0.15, 0.2) is 0 Å². The normalized spacial score (nSPS) is 11.1. The van der Waals surface area contributed by atoms with Crippen LogP contribution >= 0.6 is 0 Å². The summed E-state index contributed by atoms with van der Waals surface area (Å²) in [4.78, 5) is 22.0. The van der Waals surface area contributed by atoms with E-state index in [0.29, 0.717) is 18.7 Å². The van der Waals surface area contributed by atoms with Crippen LogP contribution in [-0.4, -0.2) is 41.6 Å². The smallest absolute Gasteiger partial charge is 0.337 e. The van der Waals surface area contributed by atoms with Crippen molar-refractivity contribution >= 4 is 11.7 Å². The lowest BCUT2D eigenvalue weighted by Crippen LogP contribution is -2.25. The first-order chi connectivity index (χ1) is 21.5. The molecule has 0 unspecified atom stereocenters. The number of benzene rings is 4. The summed E-state index contributed by atoms with van der Waals surface area (Å²) in [5.41, 5.74) is 8.57. The molecule has 0 spiro atoms. The van der Waals surface area contributed by atoms with Gasteiger partial charge in [0.25, 0.3) is 0 Å². The number of methoxy groups -OCH3 is 1. The predicted molar refractivity (Wildman–Crippen MR) is 180 cm³/mol. The Morgan fingerprint density at radius 2 is 1.32 bits per heavy atom. The molecule has 0 aliphatic carbocycles. The first-order valence-corrected chi connectivity index (χ1v) is 15.3. The Balaban J connectivity index is 1.58. The molecule has 0 N–H and O–H groups in total. The van der Waals surface area contributed by atoms with Gasteiger partial charge in [-0.2, -0.15) is 0 Å². The number of unbranched alkanes of at least 4 members (excludes halogenated alkanes) is 1. The van der Waals surface area contributed by atoms with Crippen LogP contribution in [0.25, 0.3) is 22.6 Å². The van der Waals surface area contributed by atoms with Crippen LogP contribution in [0.1, 0.15) is 46.9 Å². The van der Waals surface area contributed by atoms with Gasteiger partial charge in [0, 0.05) is 57.1 Å². The minimum Gasteiger partial charge on any atom is -0.465 e. The number of imidazole rings is 1. The number of carbonyl (C=O) groups excluding carboxylic acids is 1. The second-order valence-corrected chi connectivity index (χ2v) is 11.4. The molecule has 5 rings (SSSR count). The number of nitrogens with zero attached hydrogens (tertiary/aromatic N) is 4. The molecule has 0 atom stereocenters. The molecule has 0 bridgehead atoms.